The van der Waals surface area contributed by atoms with Gasteiger partial charge in [-0.2, -0.15) is 4.58 Å². The van der Waals surface area contributed by atoms with Crippen molar-refractivity contribution in [3.8, 4) is 23.1 Å². The van der Waals surface area contributed by atoms with E-state index in [1.807, 2.05) is 30.3 Å². The van der Waals surface area contributed by atoms with E-state index in [-0.39, 0.29) is 0 Å². The van der Waals surface area contributed by atoms with Gasteiger partial charge in [0.25, 0.3) is 0 Å². The molecule has 6 aromatic rings. The van der Waals surface area contributed by atoms with Gasteiger partial charge in [-0.15, -0.1) is 0 Å². The normalized spacial score (nSPS) is 11.9. The molecule has 0 N–H and O–H groups in total. The summed E-state index contributed by atoms with van der Waals surface area (Å²) in [4.78, 5) is 0. The van der Waals surface area contributed by atoms with Crippen LogP contribution in [0.25, 0.3) is 33.3 Å². The second-order valence-corrected chi connectivity index (χ2v) is 10.6. The molecule has 0 aliphatic carbocycles. The Morgan fingerprint density at radius 3 is 2.00 bits per heavy atom. The maximum absolute atomic E-state index is 3.58. The summed E-state index contributed by atoms with van der Waals surface area (Å²) in [6, 6.07) is 48.2. The maximum atomic E-state index is 3.58. The summed E-state index contributed by atoms with van der Waals surface area (Å²) >= 11 is 0. The molecule has 0 fully saturated rings. The fourth-order valence-corrected chi connectivity index (χ4v) is 5.94. The minimum Gasteiger partial charge on any atom is -0.343 e. The summed E-state index contributed by atoms with van der Waals surface area (Å²) in [5, 5.41) is 1.14. The van der Waals surface area contributed by atoms with E-state index in [2.05, 4.69) is 156 Å². The predicted octanol–water partition coefficient (Wildman–Crippen LogP) is 8.89. The molecular formula is C41H29N2+. The Kier molecular flexibility index (Phi) is 6.80. The number of aryl methyl sites for hydroxylation is 1. The van der Waals surface area contributed by atoms with E-state index < -0.39 is 0 Å². The van der Waals surface area contributed by atoms with Crippen LogP contribution in [0.2, 0.25) is 0 Å². The van der Waals surface area contributed by atoms with Crippen LogP contribution in [-0.4, -0.2) is 21.9 Å². The van der Waals surface area contributed by atoms with Crippen molar-refractivity contribution in [2.45, 2.75) is 0 Å². The fourth-order valence-electron chi connectivity index (χ4n) is 5.94. The van der Waals surface area contributed by atoms with Crippen molar-refractivity contribution in [1.82, 2.24) is 4.57 Å². The van der Waals surface area contributed by atoms with E-state index in [1.54, 1.807) is 0 Å². The van der Waals surface area contributed by atoms with Crippen LogP contribution in [0.15, 0.2) is 151 Å². The largest absolute Gasteiger partial charge is 0.343 e. The number of aromatic nitrogens is 1. The third kappa shape index (κ3) is 4.76. The molecule has 5 aromatic carbocycles. The second kappa shape index (κ2) is 11.2. The summed E-state index contributed by atoms with van der Waals surface area (Å²) in [5.41, 5.74) is 18.9. The van der Waals surface area contributed by atoms with E-state index in [0.717, 1.165) is 67.0 Å². The average Bonchev–Trinajstić information content (AvgIpc) is 3.52. The molecule has 2 heterocycles. The maximum Gasteiger partial charge on any atom is 0.229 e. The predicted molar refractivity (Wildman–Crippen MR) is 178 cm³/mol. The number of para-hydroxylation sites is 2. The van der Waals surface area contributed by atoms with Gasteiger partial charge in [-0.05, 0) is 35.4 Å². The molecule has 7 rings (SSSR count). The number of hydrogen-bond acceptors (Lipinski definition) is 0. The lowest BCUT2D eigenvalue weighted by Crippen LogP contribution is -2.09. The number of nitrogens with zero attached hydrogens (tertiary/aromatic N) is 2. The van der Waals surface area contributed by atoms with E-state index >= 15 is 0 Å². The second-order valence-electron chi connectivity index (χ2n) is 10.6. The summed E-state index contributed by atoms with van der Waals surface area (Å²) in [7, 11) is 4.23. The van der Waals surface area contributed by atoms with Crippen LogP contribution in [0, 0.1) is 11.8 Å². The lowest BCUT2D eigenvalue weighted by atomic mass is 9.98. The molecule has 0 saturated heterocycles. The van der Waals surface area contributed by atoms with Crippen molar-refractivity contribution in [1.29, 1.82) is 0 Å². The van der Waals surface area contributed by atoms with Crippen molar-refractivity contribution in [3.63, 3.8) is 0 Å². The van der Waals surface area contributed by atoms with Gasteiger partial charge in [0, 0.05) is 29.6 Å². The number of rotatable bonds is 3. The first-order chi connectivity index (χ1) is 21.2. The Morgan fingerprint density at radius 2 is 1.26 bits per heavy atom. The number of hydrogen-bond donors (Lipinski definition) is 0. The zero-order valence-corrected chi connectivity index (χ0v) is 24.2. The van der Waals surface area contributed by atoms with Gasteiger partial charge in [0.05, 0.1) is 22.4 Å². The van der Waals surface area contributed by atoms with Crippen LogP contribution in [0.1, 0.15) is 22.3 Å². The fraction of sp³-hybridized carbons (Fsp3) is 0.0488. The highest BCUT2D eigenvalue weighted by atomic mass is 15.0. The van der Waals surface area contributed by atoms with Crippen LogP contribution in [0.3, 0.4) is 0 Å². The van der Waals surface area contributed by atoms with Crippen LogP contribution in [-0.2, 0) is 7.05 Å². The highest BCUT2D eigenvalue weighted by Gasteiger charge is 2.33. The standard InChI is InChI=1S/C41H29N2/c1-42-38-24-14-12-22-34(38)36(40(42)32-18-8-4-9-19-32)28-26-31(30-16-6-3-7-17-30)27-29-37-35-23-13-15-25-39(35)43(2)41(37)33-20-10-5-11-21-33/h3-25H,1-2H3/q+1. The molecule has 43 heavy (non-hydrogen) atoms. The Morgan fingerprint density at radius 1 is 0.651 bits per heavy atom. The minimum atomic E-state index is 0.791. The summed E-state index contributed by atoms with van der Waals surface area (Å²) in [6.45, 7) is 0. The molecule has 1 aromatic heterocycles. The Balaban J connectivity index is 1.50. The molecule has 0 atom stereocenters. The Bertz CT molecular complexity index is 2190. The molecule has 2 heteroatoms. The lowest BCUT2D eigenvalue weighted by Gasteiger charge is -2.05. The van der Waals surface area contributed by atoms with Crippen molar-refractivity contribution < 1.29 is 4.58 Å². The van der Waals surface area contributed by atoms with Gasteiger partial charge < -0.3 is 4.57 Å². The number of allylic oxidation sites excluding steroid dienone is 2. The van der Waals surface area contributed by atoms with Crippen molar-refractivity contribution in [2.75, 3.05) is 7.05 Å². The van der Waals surface area contributed by atoms with Crippen LogP contribution in [0.5, 0.6) is 0 Å². The third-order valence-electron chi connectivity index (χ3n) is 8.00. The first kappa shape index (κ1) is 26.1. The van der Waals surface area contributed by atoms with Gasteiger partial charge in [0.15, 0.2) is 0 Å². The molecule has 202 valence electrons. The minimum absolute atomic E-state index is 0.791. The monoisotopic (exact) mass is 549 g/mol. The summed E-state index contributed by atoms with van der Waals surface area (Å²) < 4.78 is 4.48. The Labute approximate surface area is 252 Å². The zero-order chi connectivity index (χ0) is 29.2. The molecule has 1 aliphatic rings. The molecular weight excluding hydrogens is 520 g/mol. The SMILES string of the molecule is Cn1c(-c2ccccc2)c(C#CC(=C=C=C2C(c3ccccc3)=[N+](C)c3ccccc32)c2ccccc2)c2ccccc21. The van der Waals surface area contributed by atoms with E-state index in [0.29, 0.717) is 0 Å². The Hall–Kier alpha value is -5.83. The lowest BCUT2D eigenvalue weighted by molar-refractivity contribution is -0.400. The van der Waals surface area contributed by atoms with E-state index in [1.165, 1.54) is 0 Å². The molecule has 0 amide bonds. The zero-order valence-electron chi connectivity index (χ0n) is 24.2. The van der Waals surface area contributed by atoms with E-state index in [9.17, 15) is 0 Å². The summed E-state index contributed by atoms with van der Waals surface area (Å²) in [5.74, 6) is 7.11. The first-order valence-corrected chi connectivity index (χ1v) is 14.4. The topological polar surface area (TPSA) is 7.94 Å². The molecule has 0 unspecified atom stereocenters. The summed E-state index contributed by atoms with van der Waals surface area (Å²) in [6.07, 6.45) is 0. The van der Waals surface area contributed by atoms with Crippen molar-refractivity contribution in [3.05, 3.63) is 173 Å². The molecule has 1 aliphatic heterocycles. The van der Waals surface area contributed by atoms with Crippen molar-refractivity contribution >= 4 is 33.4 Å². The highest BCUT2D eigenvalue weighted by molar-refractivity contribution is 6.32. The average molecular weight is 550 g/mol. The highest BCUT2D eigenvalue weighted by Crippen LogP contribution is 2.35. The molecule has 0 saturated carbocycles. The van der Waals surface area contributed by atoms with Crippen molar-refractivity contribution in [2.24, 2.45) is 7.05 Å². The van der Waals surface area contributed by atoms with Crippen LogP contribution < -0.4 is 0 Å². The van der Waals surface area contributed by atoms with Crippen LogP contribution in [0.4, 0.5) is 5.69 Å². The molecule has 0 spiro atoms. The first-order valence-electron chi connectivity index (χ1n) is 14.4. The molecule has 2 nitrogen and oxygen atoms in total. The quantitative estimate of drug-likeness (QED) is 0.118. The van der Waals surface area contributed by atoms with Gasteiger partial charge in [0.2, 0.25) is 11.4 Å². The van der Waals surface area contributed by atoms with Gasteiger partial charge in [0.1, 0.15) is 12.6 Å². The smallest absolute Gasteiger partial charge is 0.229 e. The number of benzene rings is 5. The van der Waals surface area contributed by atoms with Gasteiger partial charge in [-0.25, -0.2) is 0 Å². The van der Waals surface area contributed by atoms with Gasteiger partial charge >= 0.3 is 0 Å². The van der Waals surface area contributed by atoms with Gasteiger partial charge in [-0.1, -0.05) is 132 Å². The van der Waals surface area contributed by atoms with E-state index in [4.69, 9.17) is 0 Å². The third-order valence-corrected chi connectivity index (χ3v) is 8.00. The number of fused-ring (bicyclic) bond motifs is 2. The molecule has 0 radical (unpaired) electrons. The molecule has 0 bridgehead atoms. The van der Waals surface area contributed by atoms with Gasteiger partial charge in [-0.3, -0.25) is 0 Å². The van der Waals surface area contributed by atoms with Crippen LogP contribution >= 0.6 is 0 Å².